The number of hydrogen-bond donors (Lipinski definition) is 1. The Kier molecular flexibility index (Phi) is 9.01. The molecule has 1 saturated heterocycles. The molecule has 0 saturated carbocycles. The van der Waals surface area contributed by atoms with Crippen molar-refractivity contribution in [2.24, 2.45) is 0 Å². The molecule has 42 heavy (non-hydrogen) atoms. The molecule has 224 valence electrons. The highest BCUT2D eigenvalue weighted by Gasteiger charge is 2.53. The zero-order valence-electron chi connectivity index (χ0n) is 23.0. The maximum atomic E-state index is 13.0. The summed E-state index contributed by atoms with van der Waals surface area (Å²) < 4.78 is 30.3. The third-order valence-electron chi connectivity index (χ3n) is 6.09. The van der Waals surface area contributed by atoms with Gasteiger partial charge in [0.05, 0.1) is 0 Å². The van der Waals surface area contributed by atoms with Gasteiger partial charge in [0.1, 0.15) is 18.4 Å². The summed E-state index contributed by atoms with van der Waals surface area (Å²) in [5.74, 6) is 2.85. The Morgan fingerprint density at radius 2 is 1.50 bits per heavy atom. The average Bonchev–Trinajstić information content (AvgIpc) is 3.24. The Morgan fingerprint density at radius 1 is 0.905 bits per heavy atom. The van der Waals surface area contributed by atoms with Gasteiger partial charge < -0.3 is 29.5 Å². The van der Waals surface area contributed by atoms with Crippen LogP contribution < -0.4 is 11.4 Å². The van der Waals surface area contributed by atoms with E-state index in [1.165, 1.54) is 0 Å². The molecule has 0 radical (unpaired) electrons. The number of benzene rings is 1. The summed E-state index contributed by atoms with van der Waals surface area (Å²) in [6.45, 7) is 4.02. The molecule has 4 rings (SSSR count). The van der Waals surface area contributed by atoms with Gasteiger partial charge in [0.15, 0.2) is 24.5 Å². The van der Waals surface area contributed by atoms with E-state index in [0.717, 1.165) is 47.1 Å². The van der Waals surface area contributed by atoms with Crippen molar-refractivity contribution < 1.29 is 42.9 Å². The first-order chi connectivity index (χ1) is 19.9. The van der Waals surface area contributed by atoms with Crippen molar-refractivity contribution in [2.45, 2.75) is 64.8 Å². The molecule has 0 spiro atoms. The molecule has 2 aromatic heterocycles. The minimum absolute atomic E-state index is 0.0633. The highest BCUT2D eigenvalue weighted by molar-refractivity contribution is 7.71. The Bertz CT molecular complexity index is 1630. The topological polar surface area (TPSA) is 198 Å². The number of nitrogens with two attached hydrogens (primary N) is 1. The lowest BCUT2D eigenvalue weighted by Crippen LogP contribution is -2.60. The third kappa shape index (κ3) is 6.46. The normalized spacial score (nSPS) is 21.9. The van der Waals surface area contributed by atoms with Crippen molar-refractivity contribution in [3.8, 4) is 0 Å². The summed E-state index contributed by atoms with van der Waals surface area (Å²) in [5.41, 5.74) is 0.216. The highest BCUT2D eigenvalue weighted by atomic mass is 32.1. The van der Waals surface area contributed by atoms with Crippen molar-refractivity contribution >= 4 is 41.9 Å². The molecule has 1 aromatic carbocycles. The number of rotatable bonds is 8. The number of carbonyl (C=O) groups excluding carboxylic acids is 4. The van der Waals surface area contributed by atoms with Crippen LogP contribution in [0.1, 0.15) is 45.2 Å². The van der Waals surface area contributed by atoms with Gasteiger partial charge in [0.2, 0.25) is 4.77 Å². The maximum absolute atomic E-state index is 13.0. The van der Waals surface area contributed by atoms with Gasteiger partial charge in [-0.05, 0) is 17.8 Å². The van der Waals surface area contributed by atoms with E-state index in [0.29, 0.717) is 0 Å². The summed E-state index contributed by atoms with van der Waals surface area (Å²) in [5, 5.41) is 8.67. The van der Waals surface area contributed by atoms with Gasteiger partial charge in [0.25, 0.3) is 11.3 Å². The third-order valence-corrected chi connectivity index (χ3v) is 6.45. The van der Waals surface area contributed by atoms with E-state index in [2.05, 4.69) is 10.2 Å². The second-order valence-electron chi connectivity index (χ2n) is 9.31. The molecule has 0 bridgehead atoms. The van der Waals surface area contributed by atoms with E-state index in [1.807, 2.05) is 30.3 Å². The molecule has 16 nitrogen and oxygen atoms in total. The molecule has 0 aliphatic carbocycles. The van der Waals surface area contributed by atoms with E-state index < -0.39 is 66.7 Å². The van der Waals surface area contributed by atoms with Gasteiger partial charge in [-0.3, -0.25) is 24.0 Å². The molecule has 17 heteroatoms. The first kappa shape index (κ1) is 30.3. The van der Waals surface area contributed by atoms with Crippen molar-refractivity contribution in [1.29, 1.82) is 0 Å². The minimum Gasteiger partial charge on any atom is -0.463 e. The van der Waals surface area contributed by atoms with Gasteiger partial charge >= 0.3 is 23.9 Å². The fourth-order valence-corrected chi connectivity index (χ4v) is 4.73. The summed E-state index contributed by atoms with van der Waals surface area (Å²) >= 11 is 5.60. The molecule has 3 heterocycles. The number of nitrogens with zero attached hydrogens (tertiary/aromatic N) is 5. The lowest BCUT2D eigenvalue weighted by Gasteiger charge is -2.44. The van der Waals surface area contributed by atoms with Crippen LogP contribution in [0.2, 0.25) is 0 Å². The van der Waals surface area contributed by atoms with Gasteiger partial charge in [-0.1, -0.05) is 30.3 Å². The van der Waals surface area contributed by atoms with E-state index in [1.54, 1.807) is 0 Å². The van der Waals surface area contributed by atoms with Gasteiger partial charge in [-0.15, -0.1) is 5.10 Å². The number of fused-ring (bicyclic) bond motifs is 1. The van der Waals surface area contributed by atoms with Crippen molar-refractivity contribution in [2.75, 3.05) is 12.4 Å². The number of ether oxygens (including phenoxy) is 5. The Hall–Kier alpha value is -4.64. The van der Waals surface area contributed by atoms with Crippen LogP contribution >= 0.6 is 12.2 Å². The first-order valence-corrected chi connectivity index (χ1v) is 13.0. The second kappa shape index (κ2) is 12.5. The van der Waals surface area contributed by atoms with Crippen LogP contribution in [0.4, 0.5) is 0 Å². The van der Waals surface area contributed by atoms with Crippen molar-refractivity contribution in [1.82, 2.24) is 24.1 Å². The van der Waals surface area contributed by atoms with E-state index in [9.17, 15) is 24.0 Å². The molecular formula is C25H28N6O10S. The predicted octanol–water partition coefficient (Wildman–Crippen LogP) is -0.0178. The number of esters is 4. The van der Waals surface area contributed by atoms with Gasteiger partial charge in [0, 0.05) is 34.1 Å². The zero-order chi connectivity index (χ0) is 30.7. The first-order valence-electron chi connectivity index (χ1n) is 12.6. The van der Waals surface area contributed by atoms with Crippen LogP contribution in [0.15, 0.2) is 35.1 Å². The molecule has 3 aromatic rings. The molecule has 1 fully saturated rings. The van der Waals surface area contributed by atoms with Crippen molar-refractivity contribution in [3.05, 3.63) is 56.7 Å². The SMILES string of the molecule is CC(=O)OC[C@H]1O[C@@H](n2nc3n(N)c(=O)c(Cc4ccccc4)nn3c2=S)[C@H](OC(C)=O)[C@@H](OC(C)=O)[C@@H]1OC(C)=O. The molecule has 2 N–H and O–H groups in total. The Morgan fingerprint density at radius 3 is 2.10 bits per heavy atom. The van der Waals surface area contributed by atoms with Crippen LogP contribution in [0.25, 0.3) is 5.78 Å². The summed E-state index contributed by atoms with van der Waals surface area (Å²) in [6.07, 6.45) is -6.87. The average molecular weight is 605 g/mol. The number of aromatic nitrogens is 5. The number of carbonyl (C=O) groups is 4. The van der Waals surface area contributed by atoms with Crippen LogP contribution in [0.3, 0.4) is 0 Å². The predicted molar refractivity (Wildman–Crippen MR) is 143 cm³/mol. The fraction of sp³-hybridized carbons (Fsp3) is 0.440. The summed E-state index contributed by atoms with van der Waals surface area (Å²) in [7, 11) is 0. The Labute approximate surface area is 242 Å². The number of hydrogen-bond acceptors (Lipinski definition) is 14. The monoisotopic (exact) mass is 604 g/mol. The minimum atomic E-state index is -1.48. The van der Waals surface area contributed by atoms with Crippen LogP contribution in [0, 0.1) is 4.77 Å². The van der Waals surface area contributed by atoms with Crippen molar-refractivity contribution in [3.63, 3.8) is 0 Å². The van der Waals surface area contributed by atoms with E-state index in [-0.39, 0.29) is 22.7 Å². The smallest absolute Gasteiger partial charge is 0.303 e. The van der Waals surface area contributed by atoms with E-state index >= 15 is 0 Å². The standard InChI is InChI=1S/C25H28N6O10S/c1-12(32)37-11-18-19(38-13(2)33)20(39-14(3)34)21(40-15(4)35)23(41-18)30-25(42)31-24(28-30)29(26)22(36)17(27-31)10-16-8-6-5-7-9-16/h5-9,18-21,23H,10-11,26H2,1-4H3/t18-,19-,20+,21-,23-/m1/s1. The molecule has 5 atom stereocenters. The zero-order valence-corrected chi connectivity index (χ0v) is 23.8. The summed E-state index contributed by atoms with van der Waals surface area (Å²) in [4.78, 5) is 60.9. The fourth-order valence-electron chi connectivity index (χ4n) is 4.46. The second-order valence-corrected chi connectivity index (χ2v) is 9.68. The molecule has 1 aliphatic rings. The lowest BCUT2D eigenvalue weighted by atomic mass is 9.97. The molecular weight excluding hydrogens is 576 g/mol. The lowest BCUT2D eigenvalue weighted by molar-refractivity contribution is -0.270. The largest absolute Gasteiger partial charge is 0.463 e. The number of nitrogen functional groups attached to an aromatic ring is 1. The highest BCUT2D eigenvalue weighted by Crippen LogP contribution is 2.34. The quantitative estimate of drug-likeness (QED) is 0.156. The van der Waals surface area contributed by atoms with Crippen LogP contribution in [-0.2, 0) is 49.3 Å². The van der Waals surface area contributed by atoms with Gasteiger partial charge in [-0.2, -0.15) is 14.3 Å². The molecule has 0 amide bonds. The summed E-state index contributed by atoms with van der Waals surface area (Å²) in [6, 6.07) is 9.07. The Balaban J connectivity index is 1.86. The molecule has 1 aliphatic heterocycles. The van der Waals surface area contributed by atoms with E-state index in [4.69, 9.17) is 41.7 Å². The maximum Gasteiger partial charge on any atom is 0.303 e. The molecule has 0 unspecified atom stereocenters. The van der Waals surface area contributed by atoms with Crippen LogP contribution in [-0.4, -0.2) is 79.0 Å². The van der Waals surface area contributed by atoms with Gasteiger partial charge in [-0.25, -0.2) is 4.68 Å². The van der Waals surface area contributed by atoms with Crippen LogP contribution in [0.5, 0.6) is 0 Å².